The number of alkyl carbamates (subject to hydrolysis) is 1. The molecule has 3 amide bonds. The van der Waals surface area contributed by atoms with E-state index in [0.717, 1.165) is 101 Å². The van der Waals surface area contributed by atoms with Crippen LogP contribution in [-0.2, 0) is 23.8 Å². The molecule has 0 radical (unpaired) electrons. The highest BCUT2D eigenvalue weighted by Crippen LogP contribution is 2.58. The van der Waals surface area contributed by atoms with Gasteiger partial charge in [0.1, 0.15) is 17.7 Å². The van der Waals surface area contributed by atoms with Crippen LogP contribution in [0, 0.1) is 17.3 Å². The molecule has 2 unspecified atom stereocenters. The Morgan fingerprint density at radius 1 is 0.836 bits per heavy atom. The maximum atomic E-state index is 14.1. The second-order valence-corrected chi connectivity index (χ2v) is 18.2. The number of nitrogens with zero attached hydrogens (tertiary/aromatic N) is 4. The molecular weight excluding hydrogens is 773 g/mol. The van der Waals surface area contributed by atoms with Gasteiger partial charge in [0.15, 0.2) is 12.5 Å². The lowest BCUT2D eigenvalue weighted by molar-refractivity contribution is -0.138. The third-order valence-electron chi connectivity index (χ3n) is 13.9. The van der Waals surface area contributed by atoms with Gasteiger partial charge in [0.2, 0.25) is 11.8 Å². The second kappa shape index (κ2) is 15.4. The predicted octanol–water partition coefficient (Wildman–Crippen LogP) is 7.08. The maximum Gasteiger partial charge on any atom is 0.407 e. The SMILES string of the molecule is COC(=O)N[C@@H](C)C(=O)N1[C@@H]2CC[C@@H](C2)[C@H]1c1ncc(-c2ccc(-c3ccc4cc(-c5cnc([C@@H]6CC7(CC7)CN6C(=O)[C@@H](NC6OC6OC)C(C)C)[nH]5)ccc4c3)cc2)[nH]1. The van der Waals surface area contributed by atoms with Crippen LogP contribution in [-0.4, -0.2) is 99.1 Å². The number of carbonyl (C=O) groups excluding carboxylic acids is 3. The van der Waals surface area contributed by atoms with Gasteiger partial charge < -0.3 is 39.3 Å². The molecule has 2 aromatic heterocycles. The van der Waals surface area contributed by atoms with Gasteiger partial charge in [-0.1, -0.05) is 62.4 Å². The number of fused-ring (bicyclic) bond motifs is 3. The van der Waals surface area contributed by atoms with Crippen molar-refractivity contribution < 1.29 is 28.6 Å². The summed E-state index contributed by atoms with van der Waals surface area (Å²) in [5.74, 6) is 2.00. The minimum Gasteiger partial charge on any atom is -0.453 e. The van der Waals surface area contributed by atoms with Crippen LogP contribution in [0.2, 0.25) is 0 Å². The van der Waals surface area contributed by atoms with Crippen molar-refractivity contribution in [3.05, 3.63) is 84.7 Å². The number of ether oxygens (including phenoxy) is 3. The summed E-state index contributed by atoms with van der Waals surface area (Å²) < 4.78 is 15.6. The van der Waals surface area contributed by atoms with E-state index in [9.17, 15) is 14.4 Å². The fraction of sp³-hybridized carbons (Fsp3) is 0.468. The molecular formula is C47H54N8O6. The fourth-order valence-electron chi connectivity index (χ4n) is 10.3. The largest absolute Gasteiger partial charge is 0.453 e. The minimum absolute atomic E-state index is 0.0882. The molecule has 2 saturated carbocycles. The first kappa shape index (κ1) is 39.6. The number of likely N-dealkylation sites (tertiary alicyclic amines) is 2. The first-order valence-corrected chi connectivity index (χ1v) is 21.7. The van der Waals surface area contributed by atoms with Crippen LogP contribution < -0.4 is 10.6 Å². The lowest BCUT2D eigenvalue weighted by Gasteiger charge is -2.36. The van der Waals surface area contributed by atoms with E-state index < -0.39 is 12.1 Å². The topological polar surface area (TPSA) is 170 Å². The van der Waals surface area contributed by atoms with Crippen molar-refractivity contribution in [1.29, 1.82) is 0 Å². The number of aromatic nitrogens is 4. The Labute approximate surface area is 355 Å². The maximum absolute atomic E-state index is 14.1. The highest BCUT2D eigenvalue weighted by atomic mass is 16.8. The van der Waals surface area contributed by atoms with E-state index in [1.807, 2.05) is 22.2 Å². The lowest BCUT2D eigenvalue weighted by Crippen LogP contribution is -2.50. The Balaban J connectivity index is 0.825. The zero-order valence-electron chi connectivity index (χ0n) is 35.3. The van der Waals surface area contributed by atoms with E-state index in [4.69, 9.17) is 24.2 Å². The molecule has 1 spiro atoms. The second-order valence-electron chi connectivity index (χ2n) is 18.2. The van der Waals surface area contributed by atoms with Crippen LogP contribution in [0.1, 0.15) is 83.0 Å². The Hall–Kier alpha value is -5.57. The minimum atomic E-state index is -0.694. The average molecular weight is 827 g/mol. The summed E-state index contributed by atoms with van der Waals surface area (Å²) >= 11 is 0. The van der Waals surface area contributed by atoms with Crippen molar-refractivity contribution in [2.75, 3.05) is 20.8 Å². The Kier molecular flexibility index (Phi) is 9.99. The Morgan fingerprint density at radius 2 is 1.49 bits per heavy atom. The van der Waals surface area contributed by atoms with Crippen LogP contribution in [0.3, 0.4) is 0 Å². The number of rotatable bonds is 12. The van der Waals surface area contributed by atoms with Crippen molar-refractivity contribution in [2.24, 2.45) is 17.3 Å². The number of epoxide rings is 1. The van der Waals surface area contributed by atoms with Crippen LogP contribution in [0.4, 0.5) is 4.79 Å². The molecule has 3 saturated heterocycles. The lowest BCUT2D eigenvalue weighted by atomic mass is 9.97. The molecule has 14 nitrogen and oxygen atoms in total. The normalized spacial score (nSPS) is 25.7. The molecule has 10 rings (SSSR count). The van der Waals surface area contributed by atoms with E-state index in [1.165, 1.54) is 7.11 Å². The molecule has 14 heteroatoms. The third kappa shape index (κ3) is 7.38. The molecule has 3 aliphatic heterocycles. The predicted molar refractivity (Wildman–Crippen MR) is 228 cm³/mol. The summed E-state index contributed by atoms with van der Waals surface area (Å²) in [6, 6.07) is 20.3. The van der Waals surface area contributed by atoms with E-state index in [1.54, 1.807) is 14.0 Å². The number of methoxy groups -OCH3 is 2. The number of hydrogen-bond donors (Lipinski definition) is 4. The van der Waals surface area contributed by atoms with Crippen molar-refractivity contribution >= 4 is 28.7 Å². The Bertz CT molecular complexity index is 2480. The van der Waals surface area contributed by atoms with E-state index in [-0.39, 0.29) is 59.8 Å². The molecule has 5 heterocycles. The third-order valence-corrected chi connectivity index (χ3v) is 13.9. The molecule has 8 atom stereocenters. The molecule has 5 aliphatic rings. The van der Waals surface area contributed by atoms with Crippen molar-refractivity contribution in [3.63, 3.8) is 0 Å². The summed E-state index contributed by atoms with van der Waals surface area (Å²) in [7, 11) is 2.91. The highest BCUT2D eigenvalue weighted by Gasteiger charge is 2.56. The molecule has 4 N–H and O–H groups in total. The van der Waals surface area contributed by atoms with Crippen LogP contribution in [0.25, 0.3) is 44.4 Å². The first-order valence-electron chi connectivity index (χ1n) is 21.7. The summed E-state index contributed by atoms with van der Waals surface area (Å²) in [4.78, 5) is 60.3. The van der Waals surface area contributed by atoms with E-state index in [0.29, 0.717) is 5.92 Å². The number of benzene rings is 3. The number of imidazole rings is 2. The first-order chi connectivity index (χ1) is 29.5. The summed E-state index contributed by atoms with van der Waals surface area (Å²) in [5.41, 5.74) is 6.29. The number of piperidine rings is 1. The number of carbonyl (C=O) groups is 3. The van der Waals surface area contributed by atoms with Gasteiger partial charge >= 0.3 is 6.09 Å². The Morgan fingerprint density at radius 3 is 2.18 bits per heavy atom. The molecule has 318 valence electrons. The van der Waals surface area contributed by atoms with E-state index >= 15 is 0 Å². The summed E-state index contributed by atoms with van der Waals surface area (Å²) in [6.45, 7) is 6.58. The zero-order chi connectivity index (χ0) is 42.2. The van der Waals surface area contributed by atoms with Crippen LogP contribution in [0.15, 0.2) is 73.1 Å². The number of hydrogen-bond acceptors (Lipinski definition) is 9. The van der Waals surface area contributed by atoms with Crippen molar-refractivity contribution in [3.8, 4) is 33.6 Å². The van der Waals surface area contributed by atoms with Gasteiger partial charge in [-0.15, -0.1) is 0 Å². The molecule has 2 aliphatic carbocycles. The highest BCUT2D eigenvalue weighted by molar-refractivity contribution is 5.91. The number of aromatic amines is 2. The quantitative estimate of drug-likeness (QED) is 0.0961. The van der Waals surface area contributed by atoms with Gasteiger partial charge in [-0.05, 0) is 102 Å². The molecule has 61 heavy (non-hydrogen) atoms. The van der Waals surface area contributed by atoms with Crippen LogP contribution in [0.5, 0.6) is 0 Å². The van der Waals surface area contributed by atoms with Gasteiger partial charge in [-0.25, -0.2) is 14.8 Å². The molecule has 2 bridgehead atoms. The van der Waals surface area contributed by atoms with Gasteiger partial charge in [-0.2, -0.15) is 0 Å². The van der Waals surface area contributed by atoms with Crippen molar-refractivity contribution in [1.82, 2.24) is 40.4 Å². The zero-order valence-corrected chi connectivity index (χ0v) is 35.3. The number of nitrogens with one attached hydrogen (secondary N) is 4. The molecule has 3 aromatic carbocycles. The summed E-state index contributed by atoms with van der Waals surface area (Å²) in [6.07, 6.45) is 8.71. The smallest absolute Gasteiger partial charge is 0.407 e. The number of H-pyrrole nitrogens is 2. The van der Waals surface area contributed by atoms with E-state index in [2.05, 4.69) is 95.1 Å². The standard InChI is InChI=1S/C47H54N8O6/c1-25(2)38(53-42-45(59-4)61-42)44(57)54-24-47(16-17-47)21-37(54)40-48-23-36(51-40)32-13-12-30-18-29(10-11-31(30)19-32)27-6-8-28(9-7-27)35-22-49-41(52-35)39-33-14-15-34(20-33)55(39)43(56)26(3)50-46(58)60-5/h6-13,18-19,22-23,25-26,33-34,37-39,42,45,53H,14-17,20-21,24H2,1-5H3,(H,48,51)(H,49,52)(H,50,58)/t26-,33-,34+,37-,38-,39-,42?,45?/m0/s1. The van der Waals surface area contributed by atoms with Gasteiger partial charge in [-0.3, -0.25) is 14.9 Å². The van der Waals surface area contributed by atoms with Crippen LogP contribution >= 0.6 is 0 Å². The van der Waals surface area contributed by atoms with Gasteiger partial charge in [0, 0.05) is 25.3 Å². The fourth-order valence-corrected chi connectivity index (χ4v) is 10.3. The van der Waals surface area contributed by atoms with Crippen molar-refractivity contribution in [2.45, 2.75) is 102 Å². The van der Waals surface area contributed by atoms with Gasteiger partial charge in [0.05, 0.1) is 49.0 Å². The molecule has 5 aromatic rings. The van der Waals surface area contributed by atoms with Gasteiger partial charge in [0.25, 0.3) is 0 Å². The summed E-state index contributed by atoms with van der Waals surface area (Å²) in [5, 5.41) is 8.28. The molecule has 5 fully saturated rings. The monoisotopic (exact) mass is 826 g/mol. The number of amides is 3. The average Bonchev–Trinajstić information content (AvgIpc) is 3.72.